The van der Waals surface area contributed by atoms with Gasteiger partial charge in [-0.25, -0.2) is 0 Å². The molecule has 0 bridgehead atoms. The normalized spacial score (nSPS) is 18.7. The van der Waals surface area contributed by atoms with Crippen molar-refractivity contribution in [3.63, 3.8) is 0 Å². The number of benzene rings is 1. The van der Waals surface area contributed by atoms with Crippen LogP contribution in [-0.2, 0) is 0 Å². The Kier molecular flexibility index (Phi) is 5.65. The zero-order chi connectivity index (χ0) is 21.4. The van der Waals surface area contributed by atoms with E-state index >= 15 is 0 Å². The van der Waals surface area contributed by atoms with Gasteiger partial charge in [-0.1, -0.05) is 25.1 Å². The minimum atomic E-state index is 0.0396. The molecule has 156 valence electrons. The molecule has 1 saturated heterocycles. The fourth-order valence-corrected chi connectivity index (χ4v) is 4.98. The van der Waals surface area contributed by atoms with Crippen molar-refractivity contribution in [3.05, 3.63) is 82.4 Å². The SMILES string of the molecule is CCCN1C(=S)NC(c2ccccn2)C1c1cc(C)n(-c2cc(C)ccc2C)c1C. The van der Waals surface area contributed by atoms with Crippen LogP contribution in [0.5, 0.6) is 0 Å². The van der Waals surface area contributed by atoms with Crippen molar-refractivity contribution in [2.24, 2.45) is 0 Å². The molecule has 4 rings (SSSR count). The average molecular weight is 419 g/mol. The van der Waals surface area contributed by atoms with E-state index in [-0.39, 0.29) is 12.1 Å². The van der Waals surface area contributed by atoms with Crippen molar-refractivity contribution in [1.29, 1.82) is 0 Å². The first kappa shape index (κ1) is 20.6. The van der Waals surface area contributed by atoms with E-state index in [0.29, 0.717) is 0 Å². The molecule has 1 N–H and O–H groups in total. The van der Waals surface area contributed by atoms with Gasteiger partial charge < -0.3 is 14.8 Å². The first-order valence-corrected chi connectivity index (χ1v) is 11.1. The van der Waals surface area contributed by atoms with Crippen molar-refractivity contribution in [1.82, 2.24) is 19.8 Å². The molecule has 0 radical (unpaired) electrons. The fourth-order valence-electron chi connectivity index (χ4n) is 4.64. The summed E-state index contributed by atoms with van der Waals surface area (Å²) in [5.74, 6) is 0. The van der Waals surface area contributed by atoms with Gasteiger partial charge in [0.25, 0.3) is 0 Å². The molecule has 1 aliphatic heterocycles. The highest BCUT2D eigenvalue weighted by Crippen LogP contribution is 2.41. The van der Waals surface area contributed by atoms with Crippen LogP contribution < -0.4 is 5.32 Å². The Hall–Kier alpha value is -2.66. The Bertz CT molecular complexity index is 1070. The van der Waals surface area contributed by atoms with E-state index in [1.165, 1.54) is 33.8 Å². The monoisotopic (exact) mass is 418 g/mol. The van der Waals surface area contributed by atoms with Gasteiger partial charge in [0.15, 0.2) is 5.11 Å². The zero-order valence-electron chi connectivity index (χ0n) is 18.4. The molecule has 2 atom stereocenters. The van der Waals surface area contributed by atoms with Gasteiger partial charge in [-0.2, -0.15) is 0 Å². The standard InChI is InChI=1S/C25H30N4S/c1-6-13-28-24(23(27-25(28)30)21-9-7-8-12-26-21)20-15-18(4)29(19(20)5)22-14-16(2)10-11-17(22)3/h7-12,14-15,23-24H,6,13H2,1-5H3,(H,27,30). The molecule has 1 aliphatic rings. The third kappa shape index (κ3) is 3.52. The smallest absolute Gasteiger partial charge is 0.170 e. The molecular weight excluding hydrogens is 388 g/mol. The largest absolute Gasteiger partial charge is 0.352 e. The van der Waals surface area contributed by atoms with Gasteiger partial charge in [0.2, 0.25) is 0 Å². The van der Waals surface area contributed by atoms with E-state index in [4.69, 9.17) is 12.2 Å². The van der Waals surface area contributed by atoms with E-state index in [1.807, 2.05) is 18.3 Å². The minimum absolute atomic E-state index is 0.0396. The summed E-state index contributed by atoms with van der Waals surface area (Å²) >= 11 is 5.75. The molecule has 0 spiro atoms. The Balaban J connectivity index is 1.86. The first-order chi connectivity index (χ1) is 14.4. The average Bonchev–Trinajstić information content (AvgIpc) is 3.21. The highest BCUT2D eigenvalue weighted by Gasteiger charge is 2.40. The van der Waals surface area contributed by atoms with Crippen LogP contribution in [0.1, 0.15) is 59.2 Å². The number of hydrogen-bond donors (Lipinski definition) is 1. The maximum absolute atomic E-state index is 5.75. The van der Waals surface area contributed by atoms with Crippen molar-refractivity contribution in [2.45, 2.75) is 53.1 Å². The van der Waals surface area contributed by atoms with E-state index in [9.17, 15) is 0 Å². The maximum Gasteiger partial charge on any atom is 0.170 e. The van der Waals surface area contributed by atoms with E-state index < -0.39 is 0 Å². The van der Waals surface area contributed by atoms with Crippen LogP contribution in [0, 0.1) is 27.7 Å². The van der Waals surface area contributed by atoms with Crippen molar-refractivity contribution in [3.8, 4) is 5.69 Å². The summed E-state index contributed by atoms with van der Waals surface area (Å²) < 4.78 is 2.39. The van der Waals surface area contributed by atoms with E-state index in [2.05, 4.69) is 84.7 Å². The van der Waals surface area contributed by atoms with Crippen molar-refractivity contribution in [2.75, 3.05) is 6.54 Å². The molecule has 3 heterocycles. The summed E-state index contributed by atoms with van der Waals surface area (Å²) in [5.41, 5.74) is 8.64. The number of nitrogens with one attached hydrogen (secondary N) is 1. The zero-order valence-corrected chi connectivity index (χ0v) is 19.3. The second kappa shape index (κ2) is 8.23. The van der Waals surface area contributed by atoms with Crippen LogP contribution >= 0.6 is 12.2 Å². The molecule has 4 nitrogen and oxygen atoms in total. The summed E-state index contributed by atoms with van der Waals surface area (Å²) in [7, 11) is 0. The minimum Gasteiger partial charge on any atom is -0.352 e. The van der Waals surface area contributed by atoms with Gasteiger partial charge in [-0.15, -0.1) is 0 Å². The van der Waals surface area contributed by atoms with Gasteiger partial charge in [-0.05, 0) is 87.3 Å². The highest BCUT2D eigenvalue weighted by molar-refractivity contribution is 7.80. The lowest BCUT2D eigenvalue weighted by Crippen LogP contribution is -2.30. The predicted molar refractivity (Wildman–Crippen MR) is 127 cm³/mol. The maximum atomic E-state index is 5.75. The first-order valence-electron chi connectivity index (χ1n) is 10.7. The van der Waals surface area contributed by atoms with Crippen LogP contribution in [0.25, 0.3) is 5.69 Å². The second-order valence-corrected chi connectivity index (χ2v) is 8.66. The molecule has 2 aromatic heterocycles. The summed E-state index contributed by atoms with van der Waals surface area (Å²) in [6.07, 6.45) is 2.90. The van der Waals surface area contributed by atoms with Crippen LogP contribution in [-0.4, -0.2) is 26.1 Å². The molecule has 0 saturated carbocycles. The third-order valence-electron chi connectivity index (χ3n) is 6.06. The number of aromatic nitrogens is 2. The number of hydrogen-bond acceptors (Lipinski definition) is 2. The predicted octanol–water partition coefficient (Wildman–Crippen LogP) is 5.49. The van der Waals surface area contributed by atoms with Crippen LogP contribution in [0.2, 0.25) is 0 Å². The van der Waals surface area contributed by atoms with Crippen LogP contribution in [0.3, 0.4) is 0 Å². The molecule has 3 aromatic rings. The number of thiocarbonyl (C=S) groups is 1. The summed E-state index contributed by atoms with van der Waals surface area (Å²) in [6.45, 7) is 11.9. The third-order valence-corrected chi connectivity index (χ3v) is 6.41. The van der Waals surface area contributed by atoms with Crippen molar-refractivity contribution < 1.29 is 0 Å². The number of rotatable bonds is 5. The quantitative estimate of drug-likeness (QED) is 0.556. The number of nitrogens with zero attached hydrogens (tertiary/aromatic N) is 3. The summed E-state index contributed by atoms with van der Waals surface area (Å²) in [4.78, 5) is 6.99. The van der Waals surface area contributed by atoms with E-state index in [1.54, 1.807) is 0 Å². The summed E-state index contributed by atoms with van der Waals surface area (Å²) in [5, 5.41) is 4.37. The number of aryl methyl sites for hydroxylation is 3. The lowest BCUT2D eigenvalue weighted by atomic mass is 9.96. The number of pyridine rings is 1. The lowest BCUT2D eigenvalue weighted by molar-refractivity contribution is 0.316. The molecule has 0 aliphatic carbocycles. The molecule has 30 heavy (non-hydrogen) atoms. The Labute approximate surface area is 184 Å². The van der Waals surface area contributed by atoms with Gasteiger partial charge >= 0.3 is 0 Å². The summed E-state index contributed by atoms with van der Waals surface area (Å²) in [6, 6.07) is 15.2. The van der Waals surface area contributed by atoms with Crippen LogP contribution in [0.15, 0.2) is 48.7 Å². The molecule has 1 aromatic carbocycles. The van der Waals surface area contributed by atoms with Gasteiger partial charge in [0.1, 0.15) is 0 Å². The highest BCUT2D eigenvalue weighted by atomic mass is 32.1. The van der Waals surface area contributed by atoms with Gasteiger partial charge in [-0.3, -0.25) is 4.98 Å². The second-order valence-electron chi connectivity index (χ2n) is 8.27. The molecule has 1 fully saturated rings. The molecule has 2 unspecified atom stereocenters. The van der Waals surface area contributed by atoms with Gasteiger partial charge in [0, 0.05) is 29.8 Å². The molecule has 0 amide bonds. The lowest BCUT2D eigenvalue weighted by Gasteiger charge is -2.28. The molecule has 5 heteroatoms. The topological polar surface area (TPSA) is 33.1 Å². The Morgan fingerprint density at radius 1 is 1.07 bits per heavy atom. The Morgan fingerprint density at radius 3 is 2.57 bits per heavy atom. The van der Waals surface area contributed by atoms with Crippen LogP contribution in [0.4, 0.5) is 0 Å². The van der Waals surface area contributed by atoms with E-state index in [0.717, 1.165) is 23.8 Å². The molecular formula is C25H30N4S. The fraction of sp³-hybridized carbons (Fsp3) is 0.360. The van der Waals surface area contributed by atoms with Gasteiger partial charge in [0.05, 0.1) is 17.8 Å². The Morgan fingerprint density at radius 2 is 1.87 bits per heavy atom. The van der Waals surface area contributed by atoms with Crippen molar-refractivity contribution >= 4 is 17.3 Å².